The molecule has 6 heteroatoms. The van der Waals surface area contributed by atoms with Crippen LogP contribution >= 0.6 is 0 Å². The number of aliphatic carboxylic acids is 1. The van der Waals surface area contributed by atoms with E-state index >= 15 is 0 Å². The smallest absolute Gasteiger partial charge is 0.323 e. The third kappa shape index (κ3) is 5.06. The van der Waals surface area contributed by atoms with Crippen LogP contribution < -0.4 is 0 Å². The molecule has 1 unspecified atom stereocenters. The zero-order chi connectivity index (χ0) is 14.3. The highest BCUT2D eigenvalue weighted by Crippen LogP contribution is 2.21. The molecule has 1 N–H and O–H groups in total. The second kappa shape index (κ2) is 7.99. The zero-order valence-electron chi connectivity index (χ0n) is 11.8. The molecule has 1 heterocycles. The van der Waals surface area contributed by atoms with E-state index in [4.69, 9.17) is 9.84 Å². The topological polar surface area (TPSA) is 70.1 Å². The highest BCUT2D eigenvalue weighted by molar-refractivity contribution is 5.80. The molecule has 0 aromatic rings. The van der Waals surface area contributed by atoms with Crippen LogP contribution in [-0.2, 0) is 9.53 Å². The molecule has 0 radical (unpaired) electrons. The predicted octanol–water partition coefficient (Wildman–Crippen LogP) is 1.26. The SMILES string of the molecule is CCCC1CCN(C(=O)N(CCOC)CC(=O)O)C1. The third-order valence-electron chi connectivity index (χ3n) is 3.42. The maximum atomic E-state index is 12.3. The van der Waals surface area contributed by atoms with Crippen LogP contribution in [0.15, 0.2) is 0 Å². The fourth-order valence-electron chi connectivity index (χ4n) is 2.46. The highest BCUT2D eigenvalue weighted by Gasteiger charge is 2.29. The summed E-state index contributed by atoms with van der Waals surface area (Å²) >= 11 is 0. The van der Waals surface area contributed by atoms with Gasteiger partial charge in [-0.1, -0.05) is 13.3 Å². The number of nitrogens with zero attached hydrogens (tertiary/aromatic N) is 2. The van der Waals surface area contributed by atoms with Crippen molar-refractivity contribution in [3.63, 3.8) is 0 Å². The van der Waals surface area contributed by atoms with Crippen molar-refractivity contribution in [2.45, 2.75) is 26.2 Å². The van der Waals surface area contributed by atoms with Gasteiger partial charge in [0.2, 0.25) is 0 Å². The Hall–Kier alpha value is -1.30. The first-order valence-electron chi connectivity index (χ1n) is 6.83. The van der Waals surface area contributed by atoms with Crippen molar-refractivity contribution in [3.05, 3.63) is 0 Å². The van der Waals surface area contributed by atoms with Crippen molar-refractivity contribution in [3.8, 4) is 0 Å². The number of carboxylic acid groups (broad SMARTS) is 1. The minimum Gasteiger partial charge on any atom is -0.480 e. The molecule has 1 saturated heterocycles. The maximum Gasteiger partial charge on any atom is 0.323 e. The average Bonchev–Trinajstić information content (AvgIpc) is 2.82. The van der Waals surface area contributed by atoms with E-state index in [-0.39, 0.29) is 12.6 Å². The molecule has 0 aromatic carbocycles. The van der Waals surface area contributed by atoms with E-state index in [1.807, 2.05) is 0 Å². The Morgan fingerprint density at radius 2 is 2.21 bits per heavy atom. The number of carboxylic acids is 1. The van der Waals surface area contributed by atoms with E-state index in [1.54, 1.807) is 4.90 Å². The van der Waals surface area contributed by atoms with Crippen LogP contribution in [0.1, 0.15) is 26.2 Å². The van der Waals surface area contributed by atoms with Gasteiger partial charge in [-0.05, 0) is 18.8 Å². The standard InChI is InChI=1S/C13H24N2O4/c1-3-4-11-5-6-14(9-11)13(18)15(7-8-19-2)10-12(16)17/h11H,3-10H2,1-2H3,(H,16,17). The van der Waals surface area contributed by atoms with E-state index in [0.717, 1.165) is 32.4 Å². The van der Waals surface area contributed by atoms with Crippen molar-refractivity contribution in [1.29, 1.82) is 0 Å². The van der Waals surface area contributed by atoms with Crippen molar-refractivity contribution in [2.24, 2.45) is 5.92 Å². The van der Waals surface area contributed by atoms with Crippen molar-refractivity contribution in [2.75, 3.05) is 39.9 Å². The molecule has 19 heavy (non-hydrogen) atoms. The molecule has 1 fully saturated rings. The summed E-state index contributed by atoms with van der Waals surface area (Å²) in [6.07, 6.45) is 3.26. The molecule has 1 atom stereocenters. The number of urea groups is 1. The number of hydrogen-bond acceptors (Lipinski definition) is 3. The van der Waals surface area contributed by atoms with Crippen LogP contribution in [0.25, 0.3) is 0 Å². The molecule has 0 bridgehead atoms. The lowest BCUT2D eigenvalue weighted by Gasteiger charge is -2.26. The Bertz CT molecular complexity index is 309. The number of methoxy groups -OCH3 is 1. The molecular weight excluding hydrogens is 248 g/mol. The lowest BCUT2D eigenvalue weighted by Crippen LogP contribution is -2.45. The van der Waals surface area contributed by atoms with Gasteiger partial charge in [0, 0.05) is 26.7 Å². The van der Waals surface area contributed by atoms with E-state index in [1.165, 1.54) is 12.0 Å². The van der Waals surface area contributed by atoms with Gasteiger partial charge in [0.25, 0.3) is 0 Å². The van der Waals surface area contributed by atoms with Crippen LogP contribution in [-0.4, -0.2) is 66.8 Å². The molecular formula is C13H24N2O4. The van der Waals surface area contributed by atoms with Crippen LogP contribution in [0.3, 0.4) is 0 Å². The Kier molecular flexibility index (Phi) is 6.62. The number of carbonyl (C=O) groups excluding carboxylic acids is 1. The summed E-state index contributed by atoms with van der Waals surface area (Å²) < 4.78 is 4.92. The van der Waals surface area contributed by atoms with Gasteiger partial charge in [-0.3, -0.25) is 4.79 Å². The molecule has 0 aromatic heterocycles. The molecule has 2 amide bonds. The Labute approximate surface area is 114 Å². The zero-order valence-corrected chi connectivity index (χ0v) is 11.8. The lowest BCUT2D eigenvalue weighted by molar-refractivity contribution is -0.137. The summed E-state index contributed by atoms with van der Waals surface area (Å²) in [7, 11) is 1.54. The molecule has 110 valence electrons. The molecule has 0 saturated carbocycles. The summed E-state index contributed by atoms with van der Waals surface area (Å²) in [6, 6.07) is -0.182. The van der Waals surface area contributed by atoms with Crippen LogP contribution in [0.4, 0.5) is 4.79 Å². The molecule has 1 aliphatic rings. The molecule has 0 spiro atoms. The van der Waals surface area contributed by atoms with Crippen LogP contribution in [0, 0.1) is 5.92 Å². The van der Waals surface area contributed by atoms with Gasteiger partial charge in [-0.15, -0.1) is 0 Å². The summed E-state index contributed by atoms with van der Waals surface area (Å²) in [6.45, 7) is 4.02. The minimum absolute atomic E-state index is 0.182. The molecule has 6 nitrogen and oxygen atoms in total. The lowest BCUT2D eigenvalue weighted by atomic mass is 10.0. The summed E-state index contributed by atoms with van der Waals surface area (Å²) in [5.74, 6) is -0.434. The Balaban J connectivity index is 2.53. The van der Waals surface area contributed by atoms with Gasteiger partial charge >= 0.3 is 12.0 Å². The van der Waals surface area contributed by atoms with Crippen molar-refractivity contribution >= 4 is 12.0 Å². The number of rotatable bonds is 7. The normalized spacial score (nSPS) is 18.6. The molecule has 0 aliphatic carbocycles. The second-order valence-electron chi connectivity index (χ2n) is 4.98. The fraction of sp³-hybridized carbons (Fsp3) is 0.846. The van der Waals surface area contributed by atoms with E-state index in [9.17, 15) is 9.59 Å². The van der Waals surface area contributed by atoms with Gasteiger partial charge in [0.1, 0.15) is 6.54 Å². The first-order chi connectivity index (χ1) is 9.08. The summed E-state index contributed by atoms with van der Waals surface area (Å²) in [5.41, 5.74) is 0. The second-order valence-corrected chi connectivity index (χ2v) is 4.98. The van der Waals surface area contributed by atoms with Gasteiger partial charge in [0.15, 0.2) is 0 Å². The van der Waals surface area contributed by atoms with Gasteiger partial charge < -0.3 is 19.6 Å². The van der Waals surface area contributed by atoms with Gasteiger partial charge in [-0.2, -0.15) is 0 Å². The number of hydrogen-bond donors (Lipinski definition) is 1. The predicted molar refractivity (Wildman–Crippen MR) is 71.1 cm³/mol. The molecule has 1 rings (SSSR count). The largest absolute Gasteiger partial charge is 0.480 e. The summed E-state index contributed by atoms with van der Waals surface area (Å²) in [4.78, 5) is 26.2. The first kappa shape index (κ1) is 15.8. The number of amides is 2. The minimum atomic E-state index is -0.992. The van der Waals surface area contributed by atoms with Crippen molar-refractivity contribution in [1.82, 2.24) is 9.80 Å². The van der Waals surface area contributed by atoms with Gasteiger partial charge in [-0.25, -0.2) is 4.79 Å². The van der Waals surface area contributed by atoms with Crippen LogP contribution in [0.5, 0.6) is 0 Å². The van der Waals surface area contributed by atoms with E-state index in [2.05, 4.69) is 6.92 Å². The fourth-order valence-corrected chi connectivity index (χ4v) is 2.46. The van der Waals surface area contributed by atoms with Gasteiger partial charge in [0.05, 0.1) is 6.61 Å². The third-order valence-corrected chi connectivity index (χ3v) is 3.42. The highest BCUT2D eigenvalue weighted by atomic mass is 16.5. The number of ether oxygens (including phenoxy) is 1. The Morgan fingerprint density at radius 1 is 1.47 bits per heavy atom. The average molecular weight is 272 g/mol. The van der Waals surface area contributed by atoms with Crippen LogP contribution in [0.2, 0.25) is 0 Å². The first-order valence-corrected chi connectivity index (χ1v) is 6.83. The maximum absolute atomic E-state index is 12.3. The molecule has 1 aliphatic heterocycles. The Morgan fingerprint density at radius 3 is 2.79 bits per heavy atom. The number of likely N-dealkylation sites (tertiary alicyclic amines) is 1. The van der Waals surface area contributed by atoms with E-state index < -0.39 is 5.97 Å². The summed E-state index contributed by atoms with van der Waals surface area (Å²) in [5, 5.41) is 8.86. The monoisotopic (exact) mass is 272 g/mol. The number of carbonyl (C=O) groups is 2. The quantitative estimate of drug-likeness (QED) is 0.757. The van der Waals surface area contributed by atoms with E-state index in [0.29, 0.717) is 19.1 Å². The van der Waals surface area contributed by atoms with Crippen molar-refractivity contribution < 1.29 is 19.4 Å².